The summed E-state index contributed by atoms with van der Waals surface area (Å²) >= 11 is 0. The third kappa shape index (κ3) is 4.62. The Labute approximate surface area is 191 Å². The number of alkyl halides is 3. The molecule has 0 saturated carbocycles. The van der Waals surface area contributed by atoms with Gasteiger partial charge in [0.25, 0.3) is 0 Å². The number of nitrogens with two attached hydrogens (primary N) is 1. The molecule has 2 aromatic rings. The van der Waals surface area contributed by atoms with Crippen molar-refractivity contribution in [2.24, 2.45) is 5.73 Å². The summed E-state index contributed by atoms with van der Waals surface area (Å²) in [6.45, 7) is 1.27. The first-order valence-corrected chi connectivity index (χ1v) is 10.8. The highest BCUT2D eigenvalue weighted by atomic mass is 19.4. The zero-order valence-electron chi connectivity index (χ0n) is 17.9. The molecule has 0 aliphatic carbocycles. The van der Waals surface area contributed by atoms with Gasteiger partial charge < -0.3 is 15.2 Å². The van der Waals surface area contributed by atoms with Crippen molar-refractivity contribution in [3.8, 4) is 0 Å². The Morgan fingerprint density at radius 3 is 2.71 bits per heavy atom. The quantitative estimate of drug-likeness (QED) is 0.392. The maximum atomic E-state index is 14.3. The van der Waals surface area contributed by atoms with E-state index in [9.17, 15) is 22.0 Å². The number of halogens is 5. The molecule has 8 nitrogen and oxygen atoms in total. The lowest BCUT2D eigenvalue weighted by molar-refractivity contribution is -0.328. The van der Waals surface area contributed by atoms with Crippen LogP contribution < -0.4 is 10.7 Å². The number of fused-ring (bicyclic) bond motifs is 1. The summed E-state index contributed by atoms with van der Waals surface area (Å²) in [5, 5.41) is 4.23. The molecule has 2 saturated heterocycles. The largest absolute Gasteiger partial charge is 0.416 e. The lowest BCUT2D eigenvalue weighted by Gasteiger charge is -2.44. The molecule has 13 heteroatoms. The molecular weight excluding hydrogens is 467 g/mol. The van der Waals surface area contributed by atoms with Gasteiger partial charge in [0, 0.05) is 49.3 Å². The van der Waals surface area contributed by atoms with Crippen LogP contribution in [-0.2, 0) is 27.5 Å². The number of ether oxygens (including phenoxy) is 2. The third-order valence-electron chi connectivity index (χ3n) is 6.33. The van der Waals surface area contributed by atoms with Crippen LogP contribution in [0.4, 0.5) is 22.0 Å². The summed E-state index contributed by atoms with van der Waals surface area (Å²) in [5.74, 6) is -1.66. The molecule has 1 unspecified atom stereocenters. The first kappa shape index (κ1) is 23.4. The van der Waals surface area contributed by atoms with Crippen LogP contribution in [0.5, 0.6) is 0 Å². The van der Waals surface area contributed by atoms with Gasteiger partial charge in [-0.2, -0.15) is 18.1 Å². The lowest BCUT2D eigenvalue weighted by atomic mass is 9.89. The van der Waals surface area contributed by atoms with E-state index in [1.165, 1.54) is 0 Å². The zero-order valence-corrected chi connectivity index (χ0v) is 17.9. The molecule has 0 spiro atoms. The second kappa shape index (κ2) is 9.04. The van der Waals surface area contributed by atoms with E-state index in [4.69, 9.17) is 25.1 Å². The van der Waals surface area contributed by atoms with E-state index < -0.39 is 42.1 Å². The van der Waals surface area contributed by atoms with Crippen LogP contribution in [0.25, 0.3) is 0 Å². The van der Waals surface area contributed by atoms with Crippen molar-refractivity contribution in [3.63, 3.8) is 0 Å². The normalized spacial score (nSPS) is 30.0. The summed E-state index contributed by atoms with van der Waals surface area (Å²) in [5.41, 5.74) is 7.02. The molecule has 34 heavy (non-hydrogen) atoms. The van der Waals surface area contributed by atoms with Gasteiger partial charge in [-0.15, -0.1) is 5.10 Å². The van der Waals surface area contributed by atoms with E-state index in [1.807, 2.05) is 0 Å². The minimum atomic E-state index is -4.74. The fourth-order valence-electron chi connectivity index (χ4n) is 4.67. The minimum absolute atomic E-state index is 0.116. The predicted octanol–water partition coefficient (Wildman–Crippen LogP) is 2.41. The first-order valence-electron chi connectivity index (χ1n) is 10.8. The second-order valence-electron chi connectivity index (χ2n) is 8.72. The molecule has 2 N–H and O–H groups in total. The molecule has 0 amide bonds. The van der Waals surface area contributed by atoms with E-state index in [2.05, 4.69) is 5.10 Å². The lowest BCUT2D eigenvalue weighted by Crippen LogP contribution is -2.58. The van der Waals surface area contributed by atoms with Gasteiger partial charge in [-0.3, -0.25) is 4.90 Å². The molecular formula is C21H23F5N4O4. The number of rotatable bonds is 5. The summed E-state index contributed by atoms with van der Waals surface area (Å²) < 4.78 is 80.4. The molecule has 2 fully saturated rings. The van der Waals surface area contributed by atoms with Crippen molar-refractivity contribution in [2.45, 2.75) is 62.5 Å². The Bertz CT molecular complexity index is 1010. The maximum Gasteiger partial charge on any atom is 0.416 e. The number of hydrogen-bond acceptors (Lipinski definition) is 7. The minimum Gasteiger partial charge on any atom is -0.378 e. The molecule has 186 valence electrons. The second-order valence-corrected chi connectivity index (χ2v) is 8.72. The monoisotopic (exact) mass is 490 g/mol. The zero-order chi connectivity index (χ0) is 24.0. The highest BCUT2D eigenvalue weighted by Crippen LogP contribution is 2.42. The van der Waals surface area contributed by atoms with Gasteiger partial charge in [-0.05, 0) is 24.6 Å². The van der Waals surface area contributed by atoms with Gasteiger partial charge in [-0.1, -0.05) is 4.85 Å². The third-order valence-corrected chi connectivity index (χ3v) is 6.33. The molecule has 3 aliphatic heterocycles. The number of aromatic nitrogens is 2. The van der Waals surface area contributed by atoms with Crippen LogP contribution >= 0.6 is 0 Å². The summed E-state index contributed by atoms with van der Waals surface area (Å²) in [6.07, 6.45) is -6.52. The van der Waals surface area contributed by atoms with Crippen molar-refractivity contribution in [1.29, 1.82) is 0 Å². The molecule has 4 heterocycles. The van der Waals surface area contributed by atoms with Crippen LogP contribution in [0, 0.1) is 11.6 Å². The van der Waals surface area contributed by atoms with Crippen LogP contribution in [0.3, 0.4) is 0 Å². The number of hydrogen-bond donors (Lipinski definition) is 1. The fraction of sp³-hybridized carbons (Fsp3) is 0.571. The summed E-state index contributed by atoms with van der Waals surface area (Å²) in [7, 11) is 0. The Kier molecular flexibility index (Phi) is 6.23. The van der Waals surface area contributed by atoms with Crippen molar-refractivity contribution in [2.75, 3.05) is 13.2 Å². The van der Waals surface area contributed by atoms with E-state index in [0.29, 0.717) is 30.9 Å². The molecule has 1 aromatic carbocycles. The Morgan fingerprint density at radius 2 is 2.00 bits per heavy atom. The molecule has 3 aliphatic rings. The van der Waals surface area contributed by atoms with E-state index in [-0.39, 0.29) is 31.2 Å². The fourth-order valence-corrected chi connectivity index (χ4v) is 4.67. The standard InChI is InChI=1S/C21H23F5N4O4/c22-12-1-2-15(23)14(5-12)19-16(27)6-18(20(32-19)21(24,25)26)29-7-11-8-30(28-17(11)9-29)34-33-13-3-4-31-10-13/h1-2,5,8,13,16,18-20H,3-4,6-7,9-10,27H2/t13?,16-,18+,19+,20+/m0/s1. The van der Waals surface area contributed by atoms with Crippen molar-refractivity contribution in [3.05, 3.63) is 52.9 Å². The van der Waals surface area contributed by atoms with Gasteiger partial charge in [0.15, 0.2) is 6.10 Å². The van der Waals surface area contributed by atoms with Crippen LogP contribution in [0.15, 0.2) is 24.4 Å². The maximum absolute atomic E-state index is 14.3. The topological polar surface area (TPSA) is 84.0 Å². The van der Waals surface area contributed by atoms with Crippen molar-refractivity contribution >= 4 is 0 Å². The average Bonchev–Trinajstić information content (AvgIpc) is 3.49. The Hall–Kier alpha value is -2.32. The van der Waals surface area contributed by atoms with Crippen molar-refractivity contribution in [1.82, 2.24) is 14.8 Å². The van der Waals surface area contributed by atoms with Gasteiger partial charge in [0.2, 0.25) is 0 Å². The SMILES string of the molecule is N[C@H]1C[C@@H](N2Cc3cn(OOC4CCOC4)nc3C2)[C@H](C(F)(F)F)O[C@@H]1c1cc(F)ccc1F. The first-order chi connectivity index (χ1) is 16.2. The number of nitrogens with zero attached hydrogens (tertiary/aromatic N) is 3. The van der Waals surface area contributed by atoms with Gasteiger partial charge in [-0.25, -0.2) is 13.8 Å². The van der Waals surface area contributed by atoms with Crippen LogP contribution in [-0.4, -0.2) is 58.5 Å². The average molecular weight is 490 g/mol. The highest BCUT2D eigenvalue weighted by molar-refractivity contribution is 5.25. The van der Waals surface area contributed by atoms with E-state index >= 15 is 0 Å². The molecule has 5 rings (SSSR count). The number of benzene rings is 1. The van der Waals surface area contributed by atoms with Crippen molar-refractivity contribution < 1.29 is 41.3 Å². The predicted molar refractivity (Wildman–Crippen MR) is 105 cm³/mol. The molecule has 5 atom stereocenters. The molecule has 1 aromatic heterocycles. The van der Waals surface area contributed by atoms with Gasteiger partial charge in [0.1, 0.15) is 23.8 Å². The highest BCUT2D eigenvalue weighted by Gasteiger charge is 2.54. The van der Waals surface area contributed by atoms with E-state index in [0.717, 1.165) is 23.0 Å². The van der Waals surface area contributed by atoms with E-state index in [1.54, 1.807) is 11.1 Å². The Morgan fingerprint density at radius 1 is 1.18 bits per heavy atom. The molecule has 0 radical (unpaired) electrons. The smallest absolute Gasteiger partial charge is 0.378 e. The van der Waals surface area contributed by atoms with Crippen LogP contribution in [0.2, 0.25) is 0 Å². The Balaban J connectivity index is 1.29. The molecule has 0 bridgehead atoms. The van der Waals surface area contributed by atoms with Gasteiger partial charge in [0.05, 0.1) is 18.5 Å². The van der Waals surface area contributed by atoms with Crippen LogP contribution in [0.1, 0.15) is 35.8 Å². The summed E-state index contributed by atoms with van der Waals surface area (Å²) in [6, 6.07) is 0.450. The van der Waals surface area contributed by atoms with Gasteiger partial charge >= 0.3 is 6.18 Å². The summed E-state index contributed by atoms with van der Waals surface area (Å²) in [4.78, 5) is 13.1.